The first-order valence-electron chi connectivity index (χ1n) is 12.2. The van der Waals surface area contributed by atoms with Crippen LogP contribution in [0.1, 0.15) is 58.9 Å². The Kier molecular flexibility index (Phi) is 7.19. The first-order valence-corrected chi connectivity index (χ1v) is 13.1. The molecule has 2 aromatic carbocycles. The lowest BCUT2D eigenvalue weighted by molar-refractivity contribution is -0.127. The molecule has 2 aromatic heterocycles. The lowest BCUT2D eigenvalue weighted by Crippen LogP contribution is -2.46. The highest BCUT2D eigenvalue weighted by molar-refractivity contribution is 7.12. The Labute approximate surface area is 209 Å². The zero-order valence-electron chi connectivity index (χ0n) is 19.6. The van der Waals surface area contributed by atoms with Gasteiger partial charge in [0.05, 0.1) is 10.4 Å². The first-order chi connectivity index (χ1) is 17.2. The van der Waals surface area contributed by atoms with Crippen LogP contribution in [0, 0.1) is 0 Å². The lowest BCUT2D eigenvalue weighted by Gasteiger charge is -2.33. The van der Waals surface area contributed by atoms with E-state index in [1.807, 2.05) is 78.2 Å². The van der Waals surface area contributed by atoms with Crippen LogP contribution in [0.4, 0.5) is 0 Å². The topological polar surface area (TPSA) is 62.3 Å². The molecule has 1 atom stereocenters. The summed E-state index contributed by atoms with van der Waals surface area (Å²) in [5.41, 5.74) is 2.64. The van der Waals surface area contributed by atoms with Crippen molar-refractivity contribution in [2.75, 3.05) is 0 Å². The standard InChI is InChI=1S/C29H29N3O2S/c33-28(31-24-12-5-2-6-13-24)27(23-15-16-25-22(19-23)11-7-17-30-25)32(20-21-9-3-1-4-10-21)29(34)26-14-8-18-35-26/h1,3-4,7-11,14-19,24,27H,2,5-6,12-13,20H2,(H,31,33)/t27-/m1/s1. The summed E-state index contributed by atoms with van der Waals surface area (Å²) < 4.78 is 0. The molecule has 2 heterocycles. The average molecular weight is 484 g/mol. The van der Waals surface area contributed by atoms with Gasteiger partial charge in [0.25, 0.3) is 5.91 Å². The summed E-state index contributed by atoms with van der Waals surface area (Å²) in [7, 11) is 0. The molecule has 178 valence electrons. The quantitative estimate of drug-likeness (QED) is 0.344. The van der Waals surface area contributed by atoms with Gasteiger partial charge >= 0.3 is 0 Å². The molecule has 0 aliphatic heterocycles. The van der Waals surface area contributed by atoms with Crippen molar-refractivity contribution in [1.29, 1.82) is 0 Å². The van der Waals surface area contributed by atoms with E-state index in [2.05, 4.69) is 10.3 Å². The second-order valence-corrected chi connectivity index (χ2v) is 10.0. The van der Waals surface area contributed by atoms with Crippen molar-refractivity contribution in [3.05, 3.63) is 100 Å². The van der Waals surface area contributed by atoms with Crippen LogP contribution in [0.15, 0.2) is 84.4 Å². The Morgan fingerprint density at radius 2 is 1.80 bits per heavy atom. The van der Waals surface area contributed by atoms with Crippen LogP contribution in [-0.2, 0) is 11.3 Å². The van der Waals surface area contributed by atoms with E-state index in [-0.39, 0.29) is 17.9 Å². The average Bonchev–Trinajstić information content (AvgIpc) is 3.44. The van der Waals surface area contributed by atoms with E-state index in [0.29, 0.717) is 11.4 Å². The molecule has 2 amide bonds. The van der Waals surface area contributed by atoms with Crippen LogP contribution in [-0.4, -0.2) is 27.7 Å². The first kappa shape index (κ1) is 23.2. The van der Waals surface area contributed by atoms with Crippen molar-refractivity contribution in [2.24, 2.45) is 0 Å². The molecule has 5 nitrogen and oxygen atoms in total. The molecule has 1 aliphatic carbocycles. The maximum absolute atomic E-state index is 13.9. The van der Waals surface area contributed by atoms with Crippen molar-refractivity contribution < 1.29 is 9.59 Å². The molecule has 0 bridgehead atoms. The minimum absolute atomic E-state index is 0.124. The van der Waals surface area contributed by atoms with E-state index in [1.54, 1.807) is 11.1 Å². The SMILES string of the molecule is O=C(NC1CCCCC1)[C@@H](c1ccc2ncccc2c1)N(Cc1ccccc1)C(=O)c1cccs1. The number of amides is 2. The number of nitrogens with one attached hydrogen (secondary N) is 1. The molecule has 1 N–H and O–H groups in total. The molecular weight excluding hydrogens is 454 g/mol. The summed E-state index contributed by atoms with van der Waals surface area (Å²) in [6.07, 6.45) is 7.19. The fourth-order valence-electron chi connectivity index (χ4n) is 4.87. The van der Waals surface area contributed by atoms with Gasteiger partial charge in [-0.05, 0) is 53.6 Å². The van der Waals surface area contributed by atoms with E-state index in [1.165, 1.54) is 17.8 Å². The van der Waals surface area contributed by atoms with E-state index < -0.39 is 6.04 Å². The van der Waals surface area contributed by atoms with Crippen molar-refractivity contribution in [1.82, 2.24) is 15.2 Å². The van der Waals surface area contributed by atoms with Gasteiger partial charge in [-0.15, -0.1) is 11.3 Å². The second-order valence-electron chi connectivity index (χ2n) is 9.10. The largest absolute Gasteiger partial charge is 0.351 e. The molecule has 6 heteroatoms. The van der Waals surface area contributed by atoms with Crippen LogP contribution < -0.4 is 5.32 Å². The van der Waals surface area contributed by atoms with E-state index in [4.69, 9.17) is 0 Å². The Bertz CT molecular complexity index is 1280. The number of pyridine rings is 1. The van der Waals surface area contributed by atoms with Gasteiger partial charge in [-0.25, -0.2) is 0 Å². The monoisotopic (exact) mass is 483 g/mol. The van der Waals surface area contributed by atoms with Gasteiger partial charge < -0.3 is 10.2 Å². The number of carbonyl (C=O) groups excluding carboxylic acids is 2. The number of nitrogens with zero attached hydrogens (tertiary/aromatic N) is 2. The molecule has 1 saturated carbocycles. The number of rotatable bonds is 7. The van der Waals surface area contributed by atoms with Gasteiger partial charge in [-0.1, -0.05) is 67.8 Å². The Morgan fingerprint density at radius 1 is 0.971 bits per heavy atom. The normalized spacial score (nSPS) is 15.0. The van der Waals surface area contributed by atoms with Gasteiger partial charge in [-0.3, -0.25) is 14.6 Å². The minimum atomic E-state index is -0.753. The number of hydrogen-bond donors (Lipinski definition) is 1. The second kappa shape index (κ2) is 10.8. The smallest absolute Gasteiger partial charge is 0.265 e. The zero-order chi connectivity index (χ0) is 24.0. The number of thiophene rings is 1. The maximum Gasteiger partial charge on any atom is 0.265 e. The summed E-state index contributed by atoms with van der Waals surface area (Å²) in [5.74, 6) is -0.264. The molecule has 1 fully saturated rings. The summed E-state index contributed by atoms with van der Waals surface area (Å²) in [6, 6.07) is 22.7. The minimum Gasteiger partial charge on any atom is -0.351 e. The lowest BCUT2D eigenvalue weighted by atomic mass is 9.94. The van der Waals surface area contributed by atoms with Crippen molar-refractivity contribution >= 4 is 34.1 Å². The van der Waals surface area contributed by atoms with Crippen LogP contribution >= 0.6 is 11.3 Å². The predicted octanol–water partition coefficient (Wildman–Crippen LogP) is 6.13. The van der Waals surface area contributed by atoms with Crippen molar-refractivity contribution in [3.63, 3.8) is 0 Å². The number of benzene rings is 2. The summed E-state index contributed by atoms with van der Waals surface area (Å²) in [4.78, 5) is 34.5. The van der Waals surface area contributed by atoms with Gasteiger partial charge in [-0.2, -0.15) is 0 Å². The Hall–Kier alpha value is -3.51. The summed E-state index contributed by atoms with van der Waals surface area (Å²) in [5, 5.41) is 6.13. The van der Waals surface area contributed by atoms with Crippen molar-refractivity contribution in [3.8, 4) is 0 Å². The summed E-state index contributed by atoms with van der Waals surface area (Å²) in [6.45, 7) is 0.339. The molecule has 0 spiro atoms. The van der Waals surface area contributed by atoms with Crippen LogP contribution in [0.3, 0.4) is 0 Å². The van der Waals surface area contributed by atoms with Crippen molar-refractivity contribution in [2.45, 2.75) is 50.7 Å². The number of carbonyl (C=O) groups is 2. The number of fused-ring (bicyclic) bond motifs is 1. The highest BCUT2D eigenvalue weighted by Crippen LogP contribution is 2.30. The Balaban J connectivity index is 1.57. The fraction of sp³-hybridized carbons (Fsp3) is 0.276. The van der Waals surface area contributed by atoms with Crippen LogP contribution in [0.25, 0.3) is 10.9 Å². The van der Waals surface area contributed by atoms with Crippen LogP contribution in [0.5, 0.6) is 0 Å². The fourth-order valence-corrected chi connectivity index (χ4v) is 5.55. The third kappa shape index (κ3) is 5.43. The third-order valence-electron chi connectivity index (χ3n) is 6.64. The molecule has 0 saturated heterocycles. The molecular formula is C29H29N3O2S. The van der Waals surface area contributed by atoms with Gasteiger partial charge in [0.15, 0.2) is 0 Å². The van der Waals surface area contributed by atoms with Gasteiger partial charge in [0.2, 0.25) is 5.91 Å². The number of hydrogen-bond acceptors (Lipinski definition) is 4. The Morgan fingerprint density at radius 3 is 2.57 bits per heavy atom. The number of aromatic nitrogens is 1. The van der Waals surface area contributed by atoms with Gasteiger partial charge in [0, 0.05) is 24.2 Å². The maximum atomic E-state index is 13.9. The summed E-state index contributed by atoms with van der Waals surface area (Å²) >= 11 is 1.40. The molecule has 35 heavy (non-hydrogen) atoms. The van der Waals surface area contributed by atoms with E-state index >= 15 is 0 Å². The van der Waals surface area contributed by atoms with Crippen LogP contribution in [0.2, 0.25) is 0 Å². The molecule has 0 unspecified atom stereocenters. The molecule has 5 rings (SSSR count). The molecule has 4 aromatic rings. The van der Waals surface area contributed by atoms with E-state index in [9.17, 15) is 9.59 Å². The highest BCUT2D eigenvalue weighted by Gasteiger charge is 2.34. The third-order valence-corrected chi connectivity index (χ3v) is 7.50. The highest BCUT2D eigenvalue weighted by atomic mass is 32.1. The predicted molar refractivity (Wildman–Crippen MR) is 140 cm³/mol. The molecule has 1 aliphatic rings. The zero-order valence-corrected chi connectivity index (χ0v) is 20.4. The van der Waals surface area contributed by atoms with E-state index in [0.717, 1.165) is 47.7 Å². The molecule has 0 radical (unpaired) electrons. The van der Waals surface area contributed by atoms with Gasteiger partial charge in [0.1, 0.15) is 6.04 Å².